The number of ether oxygens (including phenoxy) is 1. The number of rotatable bonds is 3. The highest BCUT2D eigenvalue weighted by Crippen LogP contribution is 2.35. The van der Waals surface area contributed by atoms with Crippen molar-refractivity contribution in [1.82, 2.24) is 4.98 Å². The fourth-order valence-corrected chi connectivity index (χ4v) is 2.80. The van der Waals surface area contributed by atoms with Crippen molar-refractivity contribution in [3.63, 3.8) is 0 Å². The number of carbonyl (C=O) groups is 1. The lowest BCUT2D eigenvalue weighted by molar-refractivity contribution is -0.120. The lowest BCUT2D eigenvalue weighted by Crippen LogP contribution is -2.35. The lowest BCUT2D eigenvalue weighted by Gasteiger charge is -2.26. The first-order chi connectivity index (χ1) is 13.2. The summed E-state index contributed by atoms with van der Waals surface area (Å²) in [5.41, 5.74) is 3.78. The zero-order valence-electron chi connectivity index (χ0n) is 15.8. The standard InChI is InChI=1S/C20H17N3O2.C2H6/c1-23-17-11-14(7-8-18(17)25-13-20(23)24)15-9-10-21-19(12-15)22-16-5-3-2-4-6-16;1-2/h2-12H,13H2,1H3,(H,21,22);1-2H3. The fourth-order valence-electron chi connectivity index (χ4n) is 2.80. The first-order valence-corrected chi connectivity index (χ1v) is 9.02. The Labute approximate surface area is 159 Å². The second-order valence-corrected chi connectivity index (χ2v) is 5.84. The summed E-state index contributed by atoms with van der Waals surface area (Å²) < 4.78 is 5.48. The van der Waals surface area contributed by atoms with Crippen LogP contribution >= 0.6 is 0 Å². The zero-order chi connectivity index (χ0) is 19.2. The van der Waals surface area contributed by atoms with Gasteiger partial charge in [0, 0.05) is 18.9 Å². The molecule has 0 radical (unpaired) electrons. The number of fused-ring (bicyclic) bond motifs is 1. The summed E-state index contributed by atoms with van der Waals surface area (Å²) in [6.07, 6.45) is 1.77. The highest BCUT2D eigenvalue weighted by atomic mass is 16.5. The minimum Gasteiger partial charge on any atom is -0.482 e. The average Bonchev–Trinajstić information content (AvgIpc) is 2.73. The molecule has 1 aliphatic rings. The van der Waals surface area contributed by atoms with Gasteiger partial charge in [-0.25, -0.2) is 4.98 Å². The molecule has 27 heavy (non-hydrogen) atoms. The Morgan fingerprint density at radius 1 is 1.00 bits per heavy atom. The Hall–Kier alpha value is -3.34. The van der Waals surface area contributed by atoms with Crippen LogP contribution in [0.5, 0.6) is 5.75 Å². The van der Waals surface area contributed by atoms with Gasteiger partial charge in [-0.1, -0.05) is 38.1 Å². The molecule has 0 spiro atoms. The first-order valence-electron chi connectivity index (χ1n) is 9.02. The molecule has 2 heterocycles. The van der Waals surface area contributed by atoms with Crippen molar-refractivity contribution >= 4 is 23.1 Å². The van der Waals surface area contributed by atoms with Crippen LogP contribution in [0.1, 0.15) is 13.8 Å². The van der Waals surface area contributed by atoms with Gasteiger partial charge in [0.15, 0.2) is 6.61 Å². The van der Waals surface area contributed by atoms with E-state index in [1.54, 1.807) is 18.1 Å². The monoisotopic (exact) mass is 361 g/mol. The van der Waals surface area contributed by atoms with Crippen LogP contribution in [0.4, 0.5) is 17.2 Å². The van der Waals surface area contributed by atoms with E-state index in [2.05, 4.69) is 10.3 Å². The van der Waals surface area contributed by atoms with Gasteiger partial charge in [0.25, 0.3) is 5.91 Å². The number of likely N-dealkylation sites (N-methyl/N-ethyl adjacent to an activating group) is 1. The molecule has 5 heteroatoms. The van der Waals surface area contributed by atoms with Crippen molar-refractivity contribution in [1.29, 1.82) is 0 Å². The number of nitrogens with one attached hydrogen (secondary N) is 1. The first kappa shape index (κ1) is 18.5. The van der Waals surface area contributed by atoms with Gasteiger partial charge in [0.2, 0.25) is 0 Å². The van der Waals surface area contributed by atoms with E-state index in [1.165, 1.54) is 0 Å². The Balaban J connectivity index is 0.00000102. The Kier molecular flexibility index (Phi) is 5.71. The predicted octanol–water partition coefficient (Wildman–Crippen LogP) is 4.87. The van der Waals surface area contributed by atoms with Crippen LogP contribution in [0.15, 0.2) is 66.9 Å². The third-order valence-electron chi connectivity index (χ3n) is 4.19. The number of benzene rings is 2. The van der Waals surface area contributed by atoms with Gasteiger partial charge in [-0.15, -0.1) is 0 Å². The van der Waals surface area contributed by atoms with Gasteiger partial charge in [-0.05, 0) is 47.5 Å². The second-order valence-electron chi connectivity index (χ2n) is 5.84. The summed E-state index contributed by atoms with van der Waals surface area (Å²) in [6.45, 7) is 4.09. The Bertz CT molecular complexity index is 926. The van der Waals surface area contributed by atoms with Crippen LogP contribution in [0.3, 0.4) is 0 Å². The predicted molar refractivity (Wildman–Crippen MR) is 110 cm³/mol. The molecule has 1 aromatic heterocycles. The van der Waals surface area contributed by atoms with Crippen molar-refractivity contribution < 1.29 is 9.53 Å². The van der Waals surface area contributed by atoms with Crippen LogP contribution in [0.25, 0.3) is 11.1 Å². The van der Waals surface area contributed by atoms with Crippen molar-refractivity contribution in [3.8, 4) is 16.9 Å². The fraction of sp³-hybridized carbons (Fsp3) is 0.182. The molecule has 1 N–H and O–H groups in total. The molecule has 0 saturated heterocycles. The number of hydrogen-bond acceptors (Lipinski definition) is 4. The third-order valence-corrected chi connectivity index (χ3v) is 4.19. The molecule has 1 aliphatic heterocycles. The summed E-state index contributed by atoms with van der Waals surface area (Å²) in [6, 6.07) is 19.7. The Morgan fingerprint density at radius 3 is 2.52 bits per heavy atom. The Morgan fingerprint density at radius 2 is 1.74 bits per heavy atom. The van der Waals surface area contributed by atoms with E-state index in [4.69, 9.17) is 4.74 Å². The number of para-hydroxylation sites is 1. The largest absolute Gasteiger partial charge is 0.482 e. The summed E-state index contributed by atoms with van der Waals surface area (Å²) in [5.74, 6) is 1.44. The van der Waals surface area contributed by atoms with E-state index in [1.807, 2.05) is 74.5 Å². The van der Waals surface area contributed by atoms with Crippen molar-refractivity contribution in [2.24, 2.45) is 0 Å². The van der Waals surface area contributed by atoms with Crippen molar-refractivity contribution in [3.05, 3.63) is 66.9 Å². The highest BCUT2D eigenvalue weighted by Gasteiger charge is 2.22. The molecule has 0 unspecified atom stereocenters. The van der Waals surface area contributed by atoms with Gasteiger partial charge >= 0.3 is 0 Å². The molecular weight excluding hydrogens is 338 g/mol. The van der Waals surface area contributed by atoms with Crippen LogP contribution in [-0.2, 0) is 4.79 Å². The van der Waals surface area contributed by atoms with Crippen LogP contribution < -0.4 is 15.0 Å². The number of nitrogens with zero attached hydrogens (tertiary/aromatic N) is 2. The molecule has 138 valence electrons. The smallest absolute Gasteiger partial charge is 0.264 e. The molecule has 0 aliphatic carbocycles. The highest BCUT2D eigenvalue weighted by molar-refractivity contribution is 5.98. The SMILES string of the molecule is CC.CN1C(=O)COc2ccc(-c3ccnc(Nc4ccccc4)c3)cc21. The summed E-state index contributed by atoms with van der Waals surface area (Å²) in [5, 5.41) is 3.29. The van der Waals surface area contributed by atoms with E-state index in [0.717, 1.165) is 34.1 Å². The van der Waals surface area contributed by atoms with Gasteiger partial charge in [0.05, 0.1) is 5.69 Å². The molecule has 1 amide bonds. The average molecular weight is 361 g/mol. The van der Waals surface area contributed by atoms with Crippen LogP contribution in [-0.4, -0.2) is 24.5 Å². The summed E-state index contributed by atoms with van der Waals surface area (Å²) in [7, 11) is 1.77. The zero-order valence-corrected chi connectivity index (χ0v) is 15.8. The minimum atomic E-state index is -0.0502. The van der Waals surface area contributed by atoms with E-state index < -0.39 is 0 Å². The number of aromatic nitrogens is 1. The molecule has 0 atom stereocenters. The second kappa shape index (κ2) is 8.36. The normalized spacial score (nSPS) is 12.4. The summed E-state index contributed by atoms with van der Waals surface area (Å²) in [4.78, 5) is 17.8. The number of anilines is 3. The molecule has 0 fully saturated rings. The van der Waals surface area contributed by atoms with Gasteiger partial charge < -0.3 is 15.0 Å². The molecule has 0 bridgehead atoms. The number of hydrogen-bond donors (Lipinski definition) is 1. The van der Waals surface area contributed by atoms with Crippen molar-refractivity contribution in [2.75, 3.05) is 23.9 Å². The maximum absolute atomic E-state index is 11.8. The van der Waals surface area contributed by atoms with Crippen LogP contribution in [0, 0.1) is 0 Å². The maximum Gasteiger partial charge on any atom is 0.264 e. The van der Waals surface area contributed by atoms with E-state index in [9.17, 15) is 4.79 Å². The number of amides is 1. The maximum atomic E-state index is 11.8. The summed E-state index contributed by atoms with van der Waals surface area (Å²) >= 11 is 0. The quantitative estimate of drug-likeness (QED) is 0.723. The molecule has 0 saturated carbocycles. The molecular formula is C22H23N3O2. The molecule has 3 aromatic rings. The lowest BCUT2D eigenvalue weighted by atomic mass is 10.0. The third kappa shape index (κ3) is 4.08. The van der Waals surface area contributed by atoms with Crippen molar-refractivity contribution in [2.45, 2.75) is 13.8 Å². The van der Waals surface area contributed by atoms with Gasteiger partial charge in [-0.3, -0.25) is 4.79 Å². The minimum absolute atomic E-state index is 0.0502. The van der Waals surface area contributed by atoms with E-state index >= 15 is 0 Å². The number of carbonyl (C=O) groups excluding carboxylic acids is 1. The van der Waals surface area contributed by atoms with Gasteiger partial charge in [0.1, 0.15) is 11.6 Å². The van der Waals surface area contributed by atoms with Gasteiger partial charge in [-0.2, -0.15) is 0 Å². The molecule has 4 rings (SSSR count). The van der Waals surface area contributed by atoms with E-state index in [0.29, 0.717) is 0 Å². The number of pyridine rings is 1. The molecule has 5 nitrogen and oxygen atoms in total. The van der Waals surface area contributed by atoms with E-state index in [-0.39, 0.29) is 12.5 Å². The van der Waals surface area contributed by atoms with Crippen LogP contribution in [0.2, 0.25) is 0 Å². The topological polar surface area (TPSA) is 54.5 Å². The molecule has 2 aromatic carbocycles.